The summed E-state index contributed by atoms with van der Waals surface area (Å²) in [5, 5.41) is 0. The molecule has 1 aliphatic carbocycles. The van der Waals surface area contributed by atoms with Gasteiger partial charge in [0.15, 0.2) is 0 Å². The summed E-state index contributed by atoms with van der Waals surface area (Å²) in [5.74, 6) is 0.906. The van der Waals surface area contributed by atoms with Crippen LogP contribution in [0, 0.1) is 5.92 Å². The Morgan fingerprint density at radius 2 is 1.80 bits per heavy atom. The number of halogens is 1. The third-order valence-electron chi connectivity index (χ3n) is 3.61. The molecule has 0 aromatic rings. The Morgan fingerprint density at radius 3 is 2.47 bits per heavy atom. The van der Waals surface area contributed by atoms with E-state index in [1.165, 1.54) is 38.8 Å². The molecule has 1 unspecified atom stereocenters. The molecule has 0 radical (unpaired) electrons. The second-order valence-electron chi connectivity index (χ2n) is 4.77. The van der Waals surface area contributed by atoms with Crippen LogP contribution < -0.4 is 0 Å². The molecule has 3 heteroatoms. The van der Waals surface area contributed by atoms with Gasteiger partial charge in [0.2, 0.25) is 0 Å². The largest absolute Gasteiger partial charge is 0.303 e. The van der Waals surface area contributed by atoms with Crippen LogP contribution in [0.15, 0.2) is 0 Å². The summed E-state index contributed by atoms with van der Waals surface area (Å²) in [5.41, 5.74) is 0. The zero-order valence-electron chi connectivity index (χ0n) is 9.41. The number of carbonyl (C=O) groups excluding carboxylic acids is 1. The van der Waals surface area contributed by atoms with Gasteiger partial charge in [-0.15, -0.1) is 12.4 Å². The van der Waals surface area contributed by atoms with Gasteiger partial charge in [0.1, 0.15) is 5.78 Å². The molecule has 0 amide bonds. The maximum absolute atomic E-state index is 11.6. The number of nitrogens with zero attached hydrogens (tertiary/aromatic N) is 1. The third-order valence-corrected chi connectivity index (χ3v) is 3.61. The van der Waals surface area contributed by atoms with Crippen LogP contribution in [0.4, 0.5) is 0 Å². The van der Waals surface area contributed by atoms with E-state index in [4.69, 9.17) is 0 Å². The molecule has 2 fully saturated rings. The van der Waals surface area contributed by atoms with Gasteiger partial charge in [0.05, 0.1) is 0 Å². The molecule has 15 heavy (non-hydrogen) atoms. The predicted octanol–water partition coefficient (Wildman–Crippen LogP) is 2.65. The molecule has 0 N–H and O–H groups in total. The summed E-state index contributed by atoms with van der Waals surface area (Å²) in [7, 11) is 0. The van der Waals surface area contributed by atoms with Gasteiger partial charge in [-0.1, -0.05) is 12.8 Å². The first-order valence-electron chi connectivity index (χ1n) is 6.11. The van der Waals surface area contributed by atoms with Crippen LogP contribution in [0.2, 0.25) is 0 Å². The lowest BCUT2D eigenvalue weighted by molar-refractivity contribution is -0.125. The molecule has 0 aromatic heterocycles. The van der Waals surface area contributed by atoms with Crippen molar-refractivity contribution in [3.63, 3.8) is 0 Å². The molecule has 2 nitrogen and oxygen atoms in total. The number of ketones is 1. The van der Waals surface area contributed by atoms with Crippen molar-refractivity contribution in [2.75, 3.05) is 19.6 Å². The van der Waals surface area contributed by atoms with E-state index in [0.717, 1.165) is 25.8 Å². The molecule has 1 heterocycles. The van der Waals surface area contributed by atoms with Crippen LogP contribution >= 0.6 is 12.4 Å². The summed E-state index contributed by atoms with van der Waals surface area (Å²) in [6, 6.07) is 0. The van der Waals surface area contributed by atoms with Crippen molar-refractivity contribution < 1.29 is 4.79 Å². The minimum atomic E-state index is 0. The molecular weight excluding hydrogens is 210 g/mol. The van der Waals surface area contributed by atoms with Crippen LogP contribution in [-0.2, 0) is 4.79 Å². The highest BCUT2D eigenvalue weighted by atomic mass is 35.5. The Balaban J connectivity index is 0.00000112. The van der Waals surface area contributed by atoms with Crippen LogP contribution in [0.25, 0.3) is 0 Å². The summed E-state index contributed by atoms with van der Waals surface area (Å²) >= 11 is 0. The first-order valence-corrected chi connectivity index (χ1v) is 6.11. The van der Waals surface area contributed by atoms with Gasteiger partial charge < -0.3 is 4.90 Å². The lowest BCUT2D eigenvalue weighted by Crippen LogP contribution is -2.37. The van der Waals surface area contributed by atoms with Crippen molar-refractivity contribution in [2.24, 2.45) is 5.92 Å². The van der Waals surface area contributed by atoms with E-state index in [-0.39, 0.29) is 12.4 Å². The van der Waals surface area contributed by atoms with Crippen LogP contribution in [-0.4, -0.2) is 30.3 Å². The minimum Gasteiger partial charge on any atom is -0.303 e. The number of piperidine rings is 1. The maximum Gasteiger partial charge on any atom is 0.137 e. The molecule has 0 bridgehead atoms. The van der Waals surface area contributed by atoms with E-state index in [9.17, 15) is 4.79 Å². The zero-order chi connectivity index (χ0) is 9.80. The van der Waals surface area contributed by atoms with E-state index in [1.54, 1.807) is 0 Å². The van der Waals surface area contributed by atoms with Gasteiger partial charge >= 0.3 is 0 Å². The van der Waals surface area contributed by atoms with Gasteiger partial charge in [-0.3, -0.25) is 4.79 Å². The fourth-order valence-electron chi connectivity index (χ4n) is 2.70. The van der Waals surface area contributed by atoms with E-state index in [2.05, 4.69) is 4.90 Å². The Morgan fingerprint density at radius 1 is 1.07 bits per heavy atom. The van der Waals surface area contributed by atoms with Crippen molar-refractivity contribution >= 4 is 18.2 Å². The number of hydrogen-bond donors (Lipinski definition) is 0. The van der Waals surface area contributed by atoms with Crippen molar-refractivity contribution in [3.05, 3.63) is 0 Å². The summed E-state index contributed by atoms with van der Waals surface area (Å²) in [6.45, 7) is 3.51. The summed E-state index contributed by atoms with van der Waals surface area (Å²) < 4.78 is 0. The highest BCUT2D eigenvalue weighted by Crippen LogP contribution is 2.22. The molecule has 2 aliphatic rings. The topological polar surface area (TPSA) is 20.3 Å². The Bertz CT molecular complexity index is 202. The first kappa shape index (κ1) is 13.0. The second-order valence-corrected chi connectivity index (χ2v) is 4.77. The average molecular weight is 232 g/mol. The molecule has 88 valence electrons. The lowest BCUT2D eigenvalue weighted by Gasteiger charge is -2.31. The highest BCUT2D eigenvalue weighted by Gasteiger charge is 2.24. The smallest absolute Gasteiger partial charge is 0.137 e. The second kappa shape index (κ2) is 6.49. The fourth-order valence-corrected chi connectivity index (χ4v) is 2.70. The quantitative estimate of drug-likeness (QED) is 0.728. The molecule has 2 rings (SSSR count). The average Bonchev–Trinajstić information content (AvgIpc) is 2.23. The molecule has 0 aromatic carbocycles. The van der Waals surface area contributed by atoms with Gasteiger partial charge in [-0.05, 0) is 38.8 Å². The van der Waals surface area contributed by atoms with E-state index < -0.39 is 0 Å². The highest BCUT2D eigenvalue weighted by molar-refractivity contribution is 5.85. The van der Waals surface area contributed by atoms with E-state index >= 15 is 0 Å². The van der Waals surface area contributed by atoms with E-state index in [0.29, 0.717) is 11.7 Å². The maximum atomic E-state index is 11.6. The number of carbonyl (C=O) groups is 1. The van der Waals surface area contributed by atoms with Gasteiger partial charge in [0, 0.05) is 18.9 Å². The molecule has 1 atom stereocenters. The standard InChI is InChI=1S/C12H21NO.ClH/c14-12-7-3-2-6-11(12)10-13-8-4-1-5-9-13;/h11H,1-10H2;1H. The lowest BCUT2D eigenvalue weighted by atomic mass is 9.87. The van der Waals surface area contributed by atoms with Crippen LogP contribution in [0.1, 0.15) is 44.9 Å². The zero-order valence-corrected chi connectivity index (χ0v) is 10.2. The summed E-state index contributed by atoms with van der Waals surface area (Å²) in [4.78, 5) is 14.1. The number of Topliss-reactive ketones (excluding diaryl/α,β-unsaturated/α-hetero) is 1. The fraction of sp³-hybridized carbons (Fsp3) is 0.917. The van der Waals surface area contributed by atoms with Gasteiger partial charge in [-0.25, -0.2) is 0 Å². The van der Waals surface area contributed by atoms with Crippen LogP contribution in [0.3, 0.4) is 0 Å². The number of hydrogen-bond acceptors (Lipinski definition) is 2. The number of rotatable bonds is 2. The Labute approximate surface area is 98.8 Å². The molecule has 1 saturated heterocycles. The van der Waals surface area contributed by atoms with Gasteiger partial charge in [-0.2, -0.15) is 0 Å². The Kier molecular flexibility index (Phi) is 5.62. The Hall–Kier alpha value is -0.0800. The predicted molar refractivity (Wildman–Crippen MR) is 64.5 cm³/mol. The van der Waals surface area contributed by atoms with Crippen molar-refractivity contribution in [2.45, 2.75) is 44.9 Å². The van der Waals surface area contributed by atoms with E-state index in [1.807, 2.05) is 0 Å². The van der Waals surface area contributed by atoms with Crippen LogP contribution in [0.5, 0.6) is 0 Å². The molecule has 1 saturated carbocycles. The van der Waals surface area contributed by atoms with Gasteiger partial charge in [0.25, 0.3) is 0 Å². The summed E-state index contributed by atoms with van der Waals surface area (Å²) in [6.07, 6.45) is 8.45. The molecule has 0 spiro atoms. The SMILES string of the molecule is Cl.O=C1CCCCC1CN1CCCCC1. The monoisotopic (exact) mass is 231 g/mol. The first-order chi connectivity index (χ1) is 6.86. The van der Waals surface area contributed by atoms with Crippen molar-refractivity contribution in [1.29, 1.82) is 0 Å². The van der Waals surface area contributed by atoms with Crippen molar-refractivity contribution in [3.8, 4) is 0 Å². The third kappa shape index (κ3) is 3.76. The minimum absolute atomic E-state index is 0. The van der Waals surface area contributed by atoms with Crippen molar-refractivity contribution in [1.82, 2.24) is 4.90 Å². The normalized spacial score (nSPS) is 28.5. The molecular formula is C12H22ClNO. The number of likely N-dealkylation sites (tertiary alicyclic amines) is 1. The molecule has 1 aliphatic heterocycles.